The van der Waals surface area contributed by atoms with Gasteiger partial charge < -0.3 is 10.0 Å². The number of aliphatic carboxylic acids is 1. The standard InChI is InChI=1S/C21H26N2S.C2HF3O2/c1-3-23(4-2)15-9-14-22-21-18-11-6-5-10-17(18)16-24-20-13-8-7-12-19(20)21;3-2(4,5)1(6)7/h5-8,10-13H,3-4,9,14-16H2,1-2H3;(H,6,7)/b22-21-;. The molecular formula is C23H27F3N2O2S. The minimum atomic E-state index is -5.08. The first-order valence-corrected chi connectivity index (χ1v) is 11.1. The van der Waals surface area contributed by atoms with E-state index >= 15 is 0 Å². The molecule has 2 aromatic carbocycles. The Labute approximate surface area is 185 Å². The predicted octanol–water partition coefficient (Wildman–Crippen LogP) is 5.49. The summed E-state index contributed by atoms with van der Waals surface area (Å²) in [6.45, 7) is 8.71. The first-order chi connectivity index (χ1) is 14.8. The molecule has 0 amide bonds. The molecule has 0 spiro atoms. The number of hydrogen-bond donors (Lipinski definition) is 1. The number of fused-ring (bicyclic) bond motifs is 2. The summed E-state index contributed by atoms with van der Waals surface area (Å²) in [7, 11) is 0. The van der Waals surface area contributed by atoms with Gasteiger partial charge in [0, 0.05) is 28.3 Å². The lowest BCUT2D eigenvalue weighted by molar-refractivity contribution is -0.192. The SMILES string of the molecule is CCN(CC)CCC/N=C1/c2ccccc2CSc2ccccc21.O=C(O)C(F)(F)F. The fourth-order valence-electron chi connectivity index (χ4n) is 3.16. The van der Waals surface area contributed by atoms with Crippen LogP contribution in [0.4, 0.5) is 13.2 Å². The van der Waals surface area contributed by atoms with E-state index in [4.69, 9.17) is 14.9 Å². The van der Waals surface area contributed by atoms with Gasteiger partial charge in [-0.15, -0.1) is 11.8 Å². The second-order valence-corrected chi connectivity index (χ2v) is 7.87. The van der Waals surface area contributed by atoms with Crippen LogP contribution in [-0.2, 0) is 10.5 Å². The summed E-state index contributed by atoms with van der Waals surface area (Å²) in [5, 5.41) is 7.12. The van der Waals surface area contributed by atoms with Gasteiger partial charge in [0.25, 0.3) is 0 Å². The number of hydrogen-bond acceptors (Lipinski definition) is 4. The molecule has 0 saturated heterocycles. The average Bonchev–Trinajstić information content (AvgIpc) is 2.91. The third kappa shape index (κ3) is 7.40. The number of carboxylic acid groups (broad SMARTS) is 1. The van der Waals surface area contributed by atoms with Crippen molar-refractivity contribution < 1.29 is 23.1 Å². The molecule has 0 fully saturated rings. The van der Waals surface area contributed by atoms with E-state index < -0.39 is 12.1 Å². The Kier molecular flexibility index (Phi) is 9.58. The van der Waals surface area contributed by atoms with E-state index in [0.717, 1.165) is 38.4 Å². The largest absolute Gasteiger partial charge is 0.490 e. The lowest BCUT2D eigenvalue weighted by Crippen LogP contribution is -2.24. The summed E-state index contributed by atoms with van der Waals surface area (Å²) in [6.07, 6.45) is -3.97. The third-order valence-corrected chi connectivity index (χ3v) is 5.96. The summed E-state index contributed by atoms with van der Waals surface area (Å²) in [6, 6.07) is 17.4. The maximum Gasteiger partial charge on any atom is 0.490 e. The van der Waals surface area contributed by atoms with Crippen LogP contribution < -0.4 is 0 Å². The summed E-state index contributed by atoms with van der Waals surface area (Å²) in [5.74, 6) is -1.74. The number of benzene rings is 2. The normalized spacial score (nSPS) is 14.3. The number of nitrogens with zero attached hydrogens (tertiary/aromatic N) is 2. The van der Waals surface area contributed by atoms with E-state index in [9.17, 15) is 13.2 Å². The van der Waals surface area contributed by atoms with Crippen molar-refractivity contribution in [3.05, 3.63) is 65.2 Å². The van der Waals surface area contributed by atoms with Gasteiger partial charge in [-0.1, -0.05) is 56.3 Å². The first kappa shape index (κ1) is 24.9. The summed E-state index contributed by atoms with van der Waals surface area (Å²) >= 11 is 1.92. The molecule has 0 aromatic heterocycles. The van der Waals surface area contributed by atoms with Crippen molar-refractivity contribution in [2.75, 3.05) is 26.2 Å². The van der Waals surface area contributed by atoms with E-state index in [0.29, 0.717) is 0 Å². The zero-order chi connectivity index (χ0) is 22.9. The highest BCUT2D eigenvalue weighted by Crippen LogP contribution is 2.33. The van der Waals surface area contributed by atoms with Gasteiger partial charge in [0.1, 0.15) is 0 Å². The van der Waals surface area contributed by atoms with E-state index in [2.05, 4.69) is 67.3 Å². The number of carboxylic acids is 1. The number of carbonyl (C=O) groups is 1. The van der Waals surface area contributed by atoms with Gasteiger partial charge >= 0.3 is 12.1 Å². The van der Waals surface area contributed by atoms with Gasteiger partial charge in [-0.25, -0.2) is 4.79 Å². The molecule has 3 rings (SSSR count). The van der Waals surface area contributed by atoms with Crippen molar-refractivity contribution >= 4 is 23.4 Å². The van der Waals surface area contributed by atoms with Crippen molar-refractivity contribution in [3.8, 4) is 0 Å². The number of rotatable bonds is 6. The zero-order valence-electron chi connectivity index (χ0n) is 17.7. The fraction of sp³-hybridized carbons (Fsp3) is 0.391. The van der Waals surface area contributed by atoms with Crippen LogP contribution in [0.15, 0.2) is 58.4 Å². The second kappa shape index (κ2) is 11.9. The molecular weight excluding hydrogens is 425 g/mol. The molecule has 1 heterocycles. The molecule has 4 nitrogen and oxygen atoms in total. The highest BCUT2D eigenvalue weighted by Gasteiger charge is 2.38. The van der Waals surface area contributed by atoms with Crippen molar-refractivity contribution in [3.63, 3.8) is 0 Å². The van der Waals surface area contributed by atoms with Crippen molar-refractivity contribution in [1.82, 2.24) is 4.90 Å². The molecule has 168 valence electrons. The number of aliphatic imine (C=N–C) groups is 1. The molecule has 31 heavy (non-hydrogen) atoms. The summed E-state index contributed by atoms with van der Waals surface area (Å²) in [5.41, 5.74) is 5.15. The maximum absolute atomic E-state index is 10.6. The van der Waals surface area contributed by atoms with E-state index in [1.165, 1.54) is 27.3 Å². The van der Waals surface area contributed by atoms with Gasteiger partial charge in [0.15, 0.2) is 0 Å². The van der Waals surface area contributed by atoms with Gasteiger partial charge in [-0.3, -0.25) is 4.99 Å². The smallest absolute Gasteiger partial charge is 0.475 e. The van der Waals surface area contributed by atoms with Crippen molar-refractivity contribution in [1.29, 1.82) is 0 Å². The Morgan fingerprint density at radius 3 is 2.26 bits per heavy atom. The van der Waals surface area contributed by atoms with Gasteiger partial charge in [-0.05, 0) is 37.7 Å². The topological polar surface area (TPSA) is 52.9 Å². The number of alkyl halides is 3. The molecule has 0 saturated carbocycles. The minimum absolute atomic E-state index is 0.888. The average molecular weight is 453 g/mol. The molecule has 1 aliphatic heterocycles. The van der Waals surface area contributed by atoms with E-state index in [1.807, 2.05) is 11.8 Å². The third-order valence-electron chi connectivity index (χ3n) is 4.84. The van der Waals surface area contributed by atoms with Crippen LogP contribution in [0.5, 0.6) is 0 Å². The van der Waals surface area contributed by atoms with Crippen LogP contribution >= 0.6 is 11.8 Å². The molecule has 1 aliphatic rings. The van der Waals surface area contributed by atoms with Gasteiger partial charge in [-0.2, -0.15) is 13.2 Å². The Morgan fingerprint density at radius 2 is 1.65 bits per heavy atom. The number of thioether (sulfide) groups is 1. The van der Waals surface area contributed by atoms with Crippen LogP contribution in [-0.4, -0.2) is 54.0 Å². The lowest BCUT2D eigenvalue weighted by atomic mass is 9.98. The molecule has 0 unspecified atom stereocenters. The molecule has 0 radical (unpaired) electrons. The number of halogens is 3. The fourth-order valence-corrected chi connectivity index (χ4v) is 4.22. The summed E-state index contributed by atoms with van der Waals surface area (Å²) < 4.78 is 31.7. The molecule has 0 aliphatic carbocycles. The first-order valence-electron chi connectivity index (χ1n) is 10.1. The van der Waals surface area contributed by atoms with Gasteiger partial charge in [0.05, 0.1) is 5.71 Å². The highest BCUT2D eigenvalue weighted by molar-refractivity contribution is 7.98. The Balaban J connectivity index is 0.000000423. The van der Waals surface area contributed by atoms with Crippen LogP contribution in [0.25, 0.3) is 0 Å². The zero-order valence-corrected chi connectivity index (χ0v) is 18.5. The van der Waals surface area contributed by atoms with Crippen LogP contribution in [0.2, 0.25) is 0 Å². The lowest BCUT2D eigenvalue weighted by Gasteiger charge is -2.17. The second-order valence-electron chi connectivity index (χ2n) is 6.86. The highest BCUT2D eigenvalue weighted by atomic mass is 32.2. The van der Waals surface area contributed by atoms with Crippen LogP contribution in [0.3, 0.4) is 0 Å². The summed E-state index contributed by atoms with van der Waals surface area (Å²) in [4.78, 5) is 17.7. The molecule has 0 atom stereocenters. The van der Waals surface area contributed by atoms with E-state index in [1.54, 1.807) is 0 Å². The van der Waals surface area contributed by atoms with Crippen molar-refractivity contribution in [2.24, 2.45) is 4.99 Å². The van der Waals surface area contributed by atoms with Crippen LogP contribution in [0.1, 0.15) is 37.0 Å². The Bertz CT molecular complexity index is 847. The minimum Gasteiger partial charge on any atom is -0.475 e. The van der Waals surface area contributed by atoms with E-state index in [-0.39, 0.29) is 0 Å². The Morgan fingerprint density at radius 1 is 1.06 bits per heavy atom. The Hall–Kier alpha value is -2.32. The monoisotopic (exact) mass is 452 g/mol. The van der Waals surface area contributed by atoms with Gasteiger partial charge in [0.2, 0.25) is 0 Å². The maximum atomic E-state index is 10.6. The van der Waals surface area contributed by atoms with Crippen LogP contribution in [0, 0.1) is 0 Å². The molecule has 2 aromatic rings. The van der Waals surface area contributed by atoms with Crippen molar-refractivity contribution in [2.45, 2.75) is 37.1 Å². The molecule has 0 bridgehead atoms. The molecule has 1 N–H and O–H groups in total. The quantitative estimate of drug-likeness (QED) is 0.589. The molecule has 8 heteroatoms. The predicted molar refractivity (Wildman–Crippen MR) is 119 cm³/mol.